The van der Waals surface area contributed by atoms with Crippen LogP contribution in [0.1, 0.15) is 41.6 Å². The van der Waals surface area contributed by atoms with E-state index in [-0.39, 0.29) is 42.2 Å². The molecule has 9 nitrogen and oxygen atoms in total. The van der Waals surface area contributed by atoms with Gasteiger partial charge in [0.2, 0.25) is 0 Å². The van der Waals surface area contributed by atoms with Gasteiger partial charge < -0.3 is 21.1 Å². The average Bonchev–Trinajstić information content (AvgIpc) is 3.57. The van der Waals surface area contributed by atoms with Gasteiger partial charge in [0.25, 0.3) is 11.8 Å². The number of likely N-dealkylation sites (tertiary alicyclic amines) is 1. The third-order valence-electron chi connectivity index (χ3n) is 7.15. The fourth-order valence-electron chi connectivity index (χ4n) is 5.18. The van der Waals surface area contributed by atoms with Crippen LogP contribution in [0.2, 0.25) is 5.02 Å². The van der Waals surface area contributed by atoms with Crippen LogP contribution in [-0.2, 0) is 11.0 Å². The van der Waals surface area contributed by atoms with Crippen molar-refractivity contribution in [3.63, 3.8) is 0 Å². The standard InChI is InChI=1S/C24H22ClF5N6O3/c25-14-7-15(26)12(18-6-13(24(28,29)30)19-20(31)32-10-33-36(18)19)5-11(14)21(37)34-17-9-35(8-16(17)27)22(38)23(39)3-1-2-4-23/h5-7,10,16-17,39H,1-4,8-9H2,(H,34,37)(H2,31,32,33)/t16-,17+/m0/s1. The van der Waals surface area contributed by atoms with Crippen LogP contribution in [-0.4, -0.2) is 67.3 Å². The first-order chi connectivity index (χ1) is 18.3. The number of halogens is 6. The molecular weight excluding hydrogens is 551 g/mol. The number of anilines is 1. The highest BCUT2D eigenvalue weighted by molar-refractivity contribution is 6.34. The van der Waals surface area contributed by atoms with Crippen molar-refractivity contribution < 1.29 is 36.6 Å². The predicted molar refractivity (Wildman–Crippen MR) is 129 cm³/mol. The Hall–Kier alpha value is -3.52. The molecule has 2 amide bonds. The van der Waals surface area contributed by atoms with Crippen molar-refractivity contribution in [3.05, 3.63) is 46.5 Å². The van der Waals surface area contributed by atoms with Gasteiger partial charge >= 0.3 is 6.18 Å². The Morgan fingerprint density at radius 1 is 1.18 bits per heavy atom. The van der Waals surface area contributed by atoms with Gasteiger partial charge in [-0.3, -0.25) is 9.59 Å². The van der Waals surface area contributed by atoms with Crippen LogP contribution in [0, 0.1) is 5.82 Å². The molecule has 0 bridgehead atoms. The Morgan fingerprint density at radius 2 is 1.87 bits per heavy atom. The highest BCUT2D eigenvalue weighted by Crippen LogP contribution is 2.40. The maximum Gasteiger partial charge on any atom is 0.418 e. The van der Waals surface area contributed by atoms with Gasteiger partial charge in [0.05, 0.1) is 34.4 Å². The lowest BCUT2D eigenvalue weighted by Gasteiger charge is -2.27. The van der Waals surface area contributed by atoms with Crippen molar-refractivity contribution in [3.8, 4) is 11.3 Å². The van der Waals surface area contributed by atoms with Crippen LogP contribution >= 0.6 is 11.6 Å². The zero-order valence-electron chi connectivity index (χ0n) is 20.1. The molecule has 0 radical (unpaired) electrons. The lowest BCUT2D eigenvalue weighted by molar-refractivity contribution is -0.149. The molecule has 3 aromatic rings. The number of hydrogen-bond acceptors (Lipinski definition) is 6. The van der Waals surface area contributed by atoms with Crippen LogP contribution in [0.25, 0.3) is 16.8 Å². The number of carbonyl (C=O) groups excluding carboxylic acids is 2. The summed E-state index contributed by atoms with van der Waals surface area (Å²) < 4.78 is 71.6. The quantitative estimate of drug-likeness (QED) is 0.412. The molecular formula is C24H22ClF5N6O3. The maximum absolute atomic E-state index is 15.0. The number of hydrogen-bond donors (Lipinski definition) is 3. The first-order valence-electron chi connectivity index (χ1n) is 12.0. The summed E-state index contributed by atoms with van der Waals surface area (Å²) in [6, 6.07) is 1.14. The Kier molecular flexibility index (Phi) is 6.66. The molecule has 2 aliphatic rings. The number of nitrogens with two attached hydrogens (primary N) is 1. The number of benzene rings is 1. The van der Waals surface area contributed by atoms with Gasteiger partial charge in [-0.15, -0.1) is 0 Å². The minimum Gasteiger partial charge on any atom is -0.382 e. The first-order valence-corrected chi connectivity index (χ1v) is 12.3. The SMILES string of the molecule is Nc1ncnn2c(-c3cc(C(=O)N[C@@H]4CN(C(=O)C5(O)CCCC5)C[C@@H]4F)c(Cl)cc3F)cc(C(F)(F)F)c12. The summed E-state index contributed by atoms with van der Waals surface area (Å²) in [5.41, 5.74) is 1.11. The Morgan fingerprint density at radius 3 is 2.54 bits per heavy atom. The van der Waals surface area contributed by atoms with Crippen LogP contribution in [0.4, 0.5) is 27.8 Å². The topological polar surface area (TPSA) is 126 Å². The number of carbonyl (C=O) groups is 2. The van der Waals surface area contributed by atoms with Gasteiger partial charge in [0, 0.05) is 12.1 Å². The number of amides is 2. The van der Waals surface area contributed by atoms with Crippen LogP contribution in [0.15, 0.2) is 24.5 Å². The molecule has 5 rings (SSSR count). The number of nitrogens with zero attached hydrogens (tertiary/aromatic N) is 4. The lowest BCUT2D eigenvalue weighted by atomic mass is 10.0. The highest BCUT2D eigenvalue weighted by Gasteiger charge is 2.46. The summed E-state index contributed by atoms with van der Waals surface area (Å²) in [4.78, 5) is 30.5. The zero-order valence-corrected chi connectivity index (χ0v) is 20.9. The van der Waals surface area contributed by atoms with Crippen molar-refractivity contribution >= 4 is 34.7 Å². The Bertz CT molecular complexity index is 1470. The molecule has 4 N–H and O–H groups in total. The zero-order chi connectivity index (χ0) is 28.3. The van der Waals surface area contributed by atoms with Gasteiger partial charge in [0.15, 0.2) is 5.82 Å². The number of nitrogens with one attached hydrogen (secondary N) is 1. The fourth-order valence-corrected chi connectivity index (χ4v) is 5.41. The number of alkyl halides is 4. The summed E-state index contributed by atoms with van der Waals surface area (Å²) >= 11 is 6.09. The molecule has 0 spiro atoms. The van der Waals surface area contributed by atoms with Gasteiger partial charge in [-0.05, 0) is 43.9 Å². The predicted octanol–water partition coefficient (Wildman–Crippen LogP) is 3.37. The van der Waals surface area contributed by atoms with Gasteiger partial charge in [-0.1, -0.05) is 11.6 Å². The van der Waals surface area contributed by atoms with E-state index in [0.29, 0.717) is 18.9 Å². The second kappa shape index (κ2) is 9.59. The molecule has 39 heavy (non-hydrogen) atoms. The van der Waals surface area contributed by atoms with Gasteiger partial charge in [-0.2, -0.15) is 18.3 Å². The molecule has 1 saturated carbocycles. The van der Waals surface area contributed by atoms with E-state index in [1.54, 1.807) is 0 Å². The Balaban J connectivity index is 1.45. The summed E-state index contributed by atoms with van der Waals surface area (Å²) in [7, 11) is 0. The molecule has 2 aromatic heterocycles. The van der Waals surface area contributed by atoms with Crippen molar-refractivity contribution in [1.82, 2.24) is 24.8 Å². The fraction of sp³-hybridized carbons (Fsp3) is 0.417. The number of fused-ring (bicyclic) bond motifs is 1. The molecule has 1 aliphatic heterocycles. The van der Waals surface area contributed by atoms with Crippen molar-refractivity contribution in [2.24, 2.45) is 0 Å². The smallest absolute Gasteiger partial charge is 0.382 e. The summed E-state index contributed by atoms with van der Waals surface area (Å²) in [5, 5.41) is 16.4. The number of aliphatic hydroxyl groups is 1. The van der Waals surface area contributed by atoms with Crippen molar-refractivity contribution in [2.45, 2.75) is 49.7 Å². The van der Waals surface area contributed by atoms with Crippen LogP contribution in [0.3, 0.4) is 0 Å². The molecule has 1 aliphatic carbocycles. The van der Waals surface area contributed by atoms with E-state index in [1.807, 2.05) is 0 Å². The first kappa shape index (κ1) is 27.1. The molecule has 208 valence electrons. The van der Waals surface area contributed by atoms with Crippen molar-refractivity contribution in [2.75, 3.05) is 18.8 Å². The van der Waals surface area contributed by atoms with Crippen molar-refractivity contribution in [1.29, 1.82) is 0 Å². The molecule has 2 fully saturated rings. The minimum absolute atomic E-state index is 0.214. The summed E-state index contributed by atoms with van der Waals surface area (Å²) in [6.07, 6.45) is -3.77. The van der Waals surface area contributed by atoms with E-state index in [0.717, 1.165) is 27.9 Å². The Labute approximate surface area is 222 Å². The minimum atomic E-state index is -4.88. The number of nitrogen functional groups attached to an aromatic ring is 1. The third kappa shape index (κ3) is 4.75. The maximum atomic E-state index is 15.0. The third-order valence-corrected chi connectivity index (χ3v) is 7.46. The lowest BCUT2D eigenvalue weighted by Crippen LogP contribution is -2.47. The van der Waals surface area contributed by atoms with E-state index < -0.39 is 64.1 Å². The normalized spacial score (nSPS) is 21.1. The van der Waals surface area contributed by atoms with Gasteiger partial charge in [-0.25, -0.2) is 18.3 Å². The molecule has 1 saturated heterocycles. The van der Waals surface area contributed by atoms with E-state index in [1.165, 1.54) is 0 Å². The molecule has 2 atom stereocenters. The van der Waals surface area contributed by atoms with Crippen LogP contribution in [0.5, 0.6) is 0 Å². The number of rotatable bonds is 4. The van der Waals surface area contributed by atoms with E-state index >= 15 is 0 Å². The monoisotopic (exact) mass is 572 g/mol. The summed E-state index contributed by atoms with van der Waals surface area (Å²) in [5.74, 6) is -3.09. The number of aromatic nitrogens is 3. The second-order valence-electron chi connectivity index (χ2n) is 9.70. The van der Waals surface area contributed by atoms with Gasteiger partial charge in [0.1, 0.15) is 29.4 Å². The molecule has 0 unspecified atom stereocenters. The highest BCUT2D eigenvalue weighted by atomic mass is 35.5. The second-order valence-corrected chi connectivity index (χ2v) is 10.1. The molecule has 15 heteroatoms. The van der Waals surface area contributed by atoms with Crippen LogP contribution < -0.4 is 11.1 Å². The van der Waals surface area contributed by atoms with E-state index in [4.69, 9.17) is 17.3 Å². The largest absolute Gasteiger partial charge is 0.418 e. The van der Waals surface area contributed by atoms with E-state index in [9.17, 15) is 36.6 Å². The summed E-state index contributed by atoms with van der Waals surface area (Å²) in [6.45, 7) is -0.555. The molecule has 3 heterocycles. The molecule has 1 aromatic carbocycles. The average molecular weight is 573 g/mol. The van der Waals surface area contributed by atoms with E-state index in [2.05, 4.69) is 15.4 Å².